The molecule has 0 amide bonds. The Hall–Kier alpha value is 0.764. The minimum atomic E-state index is -2.36. The maximum Gasteiger partial charge on any atom is 0.192 e. The van der Waals surface area contributed by atoms with Crippen LogP contribution < -0.4 is 0 Å². The Balaban J connectivity index is 1.58. The summed E-state index contributed by atoms with van der Waals surface area (Å²) in [6.07, 6.45) is 11.8. The highest BCUT2D eigenvalue weighted by molar-refractivity contribution is 6.75. The molecule has 1 N–H and O–H groups in total. The summed E-state index contributed by atoms with van der Waals surface area (Å²) in [6, 6.07) is 7.16. The molecule has 0 radical (unpaired) electrons. The first-order valence-corrected chi connectivity index (χ1v) is 45.1. The molecule has 0 aromatic carbocycles. The molecular weight excluding hydrogens is 1000 g/mol. The van der Waals surface area contributed by atoms with Gasteiger partial charge in [-0.2, -0.15) is 0 Å². The summed E-state index contributed by atoms with van der Waals surface area (Å²) < 4.78 is 53.6. The van der Waals surface area contributed by atoms with Crippen LogP contribution in [0.25, 0.3) is 0 Å². The molecule has 0 unspecified atom stereocenters. The molecule has 1 heterocycles. The normalized spacial score (nSPS) is 35.3. The van der Waals surface area contributed by atoms with E-state index >= 15 is 0 Å². The van der Waals surface area contributed by atoms with Crippen LogP contribution in [0.5, 0.6) is 0 Å². The van der Waals surface area contributed by atoms with Crippen LogP contribution in [-0.4, -0.2) is 103 Å². The second-order valence-electron chi connectivity index (χ2n) is 30.7. The lowest BCUT2D eigenvalue weighted by Crippen LogP contribution is -2.66. The number of ether oxygens (including phenoxy) is 2. The standard InChI is InChI=1S/C61H124O8Si5/c1-25-73(26-2,27-3)66-50-41-45-40-46(64-56-55(69-72(23,24)59(14,15)16)54(68-71(21,22)58(11,12)13)51(43-63-56)65-70(19,20)57(8,9)10)37-38-60(45,17)49-42-52(67-74(28-4,29-5)30-6)61(18)47(35-36-48(61)53(49)50)44(7)34-32-31-33-39-62/h44-56,62H,25-43H2,1-24H3/t44-,45+,46-,47-,48+,49+,50-,51-,52+,53+,54+,55-,56+,60+,61-/m1/s1. The fourth-order valence-electron chi connectivity index (χ4n) is 15.1. The Morgan fingerprint density at radius 1 is 0.581 bits per heavy atom. The lowest BCUT2D eigenvalue weighted by Gasteiger charge is -2.66. The monoisotopic (exact) mass is 1120 g/mol. The van der Waals surface area contributed by atoms with Crippen LogP contribution in [0.3, 0.4) is 0 Å². The molecule has 4 aliphatic carbocycles. The van der Waals surface area contributed by atoms with E-state index in [1.165, 1.54) is 68.4 Å². The Bertz CT molecular complexity index is 1730. The third-order valence-electron chi connectivity index (χ3n) is 23.9. The highest BCUT2D eigenvalue weighted by atomic mass is 28.4. The average Bonchev–Trinajstić information content (AvgIpc) is 3.67. The van der Waals surface area contributed by atoms with Crippen LogP contribution in [0.2, 0.25) is 90.7 Å². The first kappa shape index (κ1) is 65.6. The zero-order valence-electron chi connectivity index (χ0n) is 53.2. The number of hydrogen-bond acceptors (Lipinski definition) is 8. The molecule has 13 heteroatoms. The van der Waals surface area contributed by atoms with Gasteiger partial charge in [0.2, 0.25) is 0 Å². The van der Waals surface area contributed by atoms with Gasteiger partial charge in [0.15, 0.2) is 47.9 Å². The van der Waals surface area contributed by atoms with Crippen molar-refractivity contribution in [3.05, 3.63) is 0 Å². The Kier molecular flexibility index (Phi) is 21.9. The molecule has 1 saturated heterocycles. The third kappa shape index (κ3) is 13.5. The second-order valence-corrected chi connectivity index (χ2v) is 54.4. The first-order valence-electron chi connectivity index (χ1n) is 31.3. The molecule has 0 aromatic heterocycles. The molecule has 74 heavy (non-hydrogen) atoms. The quantitative estimate of drug-likeness (QED) is 0.0581. The van der Waals surface area contributed by atoms with Crippen LogP contribution in [0.4, 0.5) is 0 Å². The number of aliphatic hydroxyl groups is 1. The maximum atomic E-state index is 9.66. The van der Waals surface area contributed by atoms with E-state index in [0.717, 1.165) is 38.5 Å². The third-order valence-corrected chi connectivity index (χ3v) is 46.6. The zero-order chi connectivity index (χ0) is 55.9. The van der Waals surface area contributed by atoms with Crippen molar-refractivity contribution in [2.75, 3.05) is 13.2 Å². The van der Waals surface area contributed by atoms with E-state index in [9.17, 15) is 5.11 Å². The number of unbranched alkanes of at least 4 members (excludes halogenated alkanes) is 2. The van der Waals surface area contributed by atoms with Crippen LogP contribution in [0.1, 0.15) is 195 Å². The van der Waals surface area contributed by atoms with Gasteiger partial charge in [0, 0.05) is 12.7 Å². The maximum absolute atomic E-state index is 9.66. The number of rotatable bonds is 24. The summed E-state index contributed by atoms with van der Waals surface area (Å²) >= 11 is 0. The second kappa shape index (κ2) is 24.7. The van der Waals surface area contributed by atoms with Gasteiger partial charge in [-0.1, -0.05) is 144 Å². The van der Waals surface area contributed by atoms with Crippen molar-refractivity contribution in [2.45, 2.75) is 329 Å². The minimum Gasteiger partial charge on any atom is -0.414 e. The number of hydrogen-bond donors (Lipinski definition) is 1. The van der Waals surface area contributed by atoms with Gasteiger partial charge < -0.3 is 36.7 Å². The van der Waals surface area contributed by atoms with Gasteiger partial charge >= 0.3 is 0 Å². The summed E-state index contributed by atoms with van der Waals surface area (Å²) in [4.78, 5) is 0. The molecule has 8 nitrogen and oxygen atoms in total. The van der Waals surface area contributed by atoms with Crippen molar-refractivity contribution in [3.8, 4) is 0 Å². The van der Waals surface area contributed by atoms with Crippen molar-refractivity contribution in [1.29, 1.82) is 0 Å². The van der Waals surface area contributed by atoms with E-state index in [4.69, 9.17) is 31.6 Å². The molecule has 15 atom stereocenters. The smallest absolute Gasteiger partial charge is 0.192 e. The van der Waals surface area contributed by atoms with E-state index in [0.29, 0.717) is 48.7 Å². The highest BCUT2D eigenvalue weighted by Gasteiger charge is 2.68. The van der Waals surface area contributed by atoms with Crippen LogP contribution in [0.15, 0.2) is 0 Å². The van der Waals surface area contributed by atoms with Crippen molar-refractivity contribution in [2.24, 2.45) is 46.3 Å². The molecule has 4 saturated carbocycles. The van der Waals surface area contributed by atoms with Crippen molar-refractivity contribution < 1.29 is 36.7 Å². The van der Waals surface area contributed by atoms with E-state index < -0.39 is 54.0 Å². The SMILES string of the molecule is CC[Si](CC)(CC)O[C@H]1C[C@H]2[C@@H]([C@H](O[Si](CC)(CC)CC)C[C@@H]3C[C@H](O[C@@H]4OC[C@@H](O[Si](C)(C)C(C)(C)C)[C@H](O[Si](C)(C)C(C)(C)C)[C@H]4O[Si](C)(C)C(C)(C)C)CC[C@@]32C)[C@@H]2CC[C@H]([C@H](C)CCCCCO)[C@@]12C. The van der Waals surface area contributed by atoms with Gasteiger partial charge in [-0.25, -0.2) is 0 Å². The largest absolute Gasteiger partial charge is 0.414 e. The highest BCUT2D eigenvalue weighted by Crippen LogP contribution is 2.70. The van der Waals surface area contributed by atoms with E-state index in [1.807, 2.05) is 0 Å². The van der Waals surface area contributed by atoms with Crippen LogP contribution >= 0.6 is 0 Å². The predicted molar refractivity (Wildman–Crippen MR) is 326 cm³/mol. The van der Waals surface area contributed by atoms with Gasteiger partial charge in [-0.3, -0.25) is 0 Å². The van der Waals surface area contributed by atoms with E-state index in [-0.39, 0.29) is 56.5 Å². The summed E-state index contributed by atoms with van der Waals surface area (Å²) in [5.74, 6) is 3.50. The van der Waals surface area contributed by atoms with Gasteiger partial charge in [0.05, 0.1) is 24.9 Å². The molecular formula is C61H124O8Si5. The molecule has 0 aromatic rings. The molecule has 5 fully saturated rings. The van der Waals surface area contributed by atoms with Crippen LogP contribution in [0, 0.1) is 46.3 Å². The summed E-state index contributed by atoms with van der Waals surface area (Å²) in [7, 11) is -10.8. The van der Waals surface area contributed by atoms with Crippen molar-refractivity contribution >= 4 is 41.6 Å². The Labute approximate surface area is 464 Å². The summed E-state index contributed by atoms with van der Waals surface area (Å²) in [5.41, 5.74) is 0.299. The number of aliphatic hydroxyl groups excluding tert-OH is 1. The Morgan fingerprint density at radius 2 is 1.09 bits per heavy atom. The topological polar surface area (TPSA) is 84.8 Å². The lowest BCUT2D eigenvalue weighted by molar-refractivity contribution is -0.284. The fourth-order valence-corrected chi connectivity index (χ4v) is 24.8. The van der Waals surface area contributed by atoms with Gasteiger partial charge in [-0.05, 0) is 188 Å². The molecule has 5 aliphatic rings. The van der Waals surface area contributed by atoms with E-state index in [2.05, 4.69) is 164 Å². The molecule has 1 aliphatic heterocycles. The van der Waals surface area contributed by atoms with Gasteiger partial charge in [0.25, 0.3) is 0 Å². The average molecular weight is 1130 g/mol. The van der Waals surface area contributed by atoms with Crippen LogP contribution in [-0.2, 0) is 31.6 Å². The number of fused-ring (bicyclic) bond motifs is 5. The molecule has 0 spiro atoms. The summed E-state index contributed by atoms with van der Waals surface area (Å²) in [6.45, 7) is 58.8. The molecule has 5 rings (SSSR count). The van der Waals surface area contributed by atoms with Crippen molar-refractivity contribution in [1.82, 2.24) is 0 Å². The fraction of sp³-hybridized carbons (Fsp3) is 1.00. The zero-order valence-corrected chi connectivity index (χ0v) is 58.2. The predicted octanol–water partition coefficient (Wildman–Crippen LogP) is 17.7. The van der Waals surface area contributed by atoms with E-state index in [1.54, 1.807) is 0 Å². The lowest BCUT2D eigenvalue weighted by atomic mass is 9.43. The molecule has 0 bridgehead atoms. The first-order chi connectivity index (χ1) is 34.1. The van der Waals surface area contributed by atoms with Crippen molar-refractivity contribution in [3.63, 3.8) is 0 Å². The molecule has 436 valence electrons. The van der Waals surface area contributed by atoms with Gasteiger partial charge in [-0.15, -0.1) is 0 Å². The Morgan fingerprint density at radius 3 is 1.61 bits per heavy atom. The van der Waals surface area contributed by atoms with Gasteiger partial charge in [0.1, 0.15) is 12.2 Å². The minimum absolute atomic E-state index is 0.00986. The summed E-state index contributed by atoms with van der Waals surface area (Å²) in [5, 5.41) is 9.70.